The highest BCUT2D eigenvalue weighted by Crippen LogP contribution is 2.29. The van der Waals surface area contributed by atoms with E-state index in [0.717, 1.165) is 11.8 Å². The zero-order chi connectivity index (χ0) is 14.9. The average Bonchev–Trinajstić information content (AvgIpc) is 2.38. The molecule has 0 bridgehead atoms. The standard InChI is InChI=1S/C12H14ClNO4S2/c1-8-7-14(4-5-19-8)20(17,18)11-6-9(12(15)16)2-3-10(11)13/h2-3,6,8H,4-5,7H2,1H3,(H,15,16). The van der Waals surface area contributed by atoms with Gasteiger partial charge < -0.3 is 5.11 Å². The summed E-state index contributed by atoms with van der Waals surface area (Å²) in [6, 6.07) is 3.71. The molecule has 1 N–H and O–H groups in total. The minimum atomic E-state index is -3.76. The lowest BCUT2D eigenvalue weighted by atomic mass is 10.2. The zero-order valence-electron chi connectivity index (χ0n) is 10.7. The molecule has 1 aromatic rings. The molecule has 1 aromatic carbocycles. The molecule has 1 unspecified atom stereocenters. The van der Waals surface area contributed by atoms with E-state index in [4.69, 9.17) is 16.7 Å². The lowest BCUT2D eigenvalue weighted by Crippen LogP contribution is -2.41. The SMILES string of the molecule is CC1CN(S(=O)(=O)c2cc(C(=O)O)ccc2Cl)CCS1. The zero-order valence-corrected chi connectivity index (χ0v) is 13.1. The Bertz CT molecular complexity index is 632. The molecule has 1 aliphatic heterocycles. The smallest absolute Gasteiger partial charge is 0.335 e. The van der Waals surface area contributed by atoms with Gasteiger partial charge in [0.2, 0.25) is 10.0 Å². The maximum Gasteiger partial charge on any atom is 0.335 e. The Balaban J connectivity index is 2.43. The van der Waals surface area contributed by atoms with E-state index in [-0.39, 0.29) is 20.7 Å². The van der Waals surface area contributed by atoms with Gasteiger partial charge in [0.25, 0.3) is 0 Å². The highest BCUT2D eigenvalue weighted by Gasteiger charge is 2.31. The van der Waals surface area contributed by atoms with Crippen molar-refractivity contribution in [3.63, 3.8) is 0 Å². The maximum absolute atomic E-state index is 12.6. The molecular formula is C12H14ClNO4S2. The molecule has 8 heteroatoms. The number of carboxylic acids is 1. The molecule has 0 aliphatic carbocycles. The van der Waals surface area contributed by atoms with Crippen molar-refractivity contribution in [3.8, 4) is 0 Å². The number of rotatable bonds is 3. The van der Waals surface area contributed by atoms with Crippen molar-refractivity contribution in [2.24, 2.45) is 0 Å². The number of hydrogen-bond acceptors (Lipinski definition) is 4. The number of halogens is 1. The first-order chi connectivity index (χ1) is 9.32. The van der Waals surface area contributed by atoms with E-state index < -0.39 is 16.0 Å². The number of carboxylic acid groups (broad SMARTS) is 1. The van der Waals surface area contributed by atoms with Crippen LogP contribution >= 0.6 is 23.4 Å². The summed E-state index contributed by atoms with van der Waals surface area (Å²) >= 11 is 7.65. The largest absolute Gasteiger partial charge is 0.478 e. The van der Waals surface area contributed by atoms with Gasteiger partial charge in [-0.05, 0) is 18.2 Å². The minimum Gasteiger partial charge on any atom is -0.478 e. The van der Waals surface area contributed by atoms with Crippen molar-refractivity contribution < 1.29 is 18.3 Å². The van der Waals surface area contributed by atoms with Crippen LogP contribution in [0.2, 0.25) is 5.02 Å². The van der Waals surface area contributed by atoms with E-state index in [1.807, 2.05) is 6.92 Å². The van der Waals surface area contributed by atoms with Crippen LogP contribution in [0.4, 0.5) is 0 Å². The van der Waals surface area contributed by atoms with Gasteiger partial charge >= 0.3 is 5.97 Å². The highest BCUT2D eigenvalue weighted by molar-refractivity contribution is 8.00. The van der Waals surface area contributed by atoms with Crippen molar-refractivity contribution in [1.29, 1.82) is 0 Å². The first-order valence-corrected chi connectivity index (χ1v) is 8.83. The Morgan fingerprint density at radius 2 is 2.20 bits per heavy atom. The third kappa shape index (κ3) is 3.11. The summed E-state index contributed by atoms with van der Waals surface area (Å²) in [5, 5.41) is 9.21. The molecule has 0 radical (unpaired) electrons. The fourth-order valence-electron chi connectivity index (χ4n) is 1.98. The predicted molar refractivity (Wildman–Crippen MR) is 79.1 cm³/mol. The number of sulfonamides is 1. The van der Waals surface area contributed by atoms with E-state index in [1.54, 1.807) is 11.8 Å². The Morgan fingerprint density at radius 3 is 2.80 bits per heavy atom. The number of hydrogen-bond donors (Lipinski definition) is 1. The van der Waals surface area contributed by atoms with E-state index in [9.17, 15) is 13.2 Å². The van der Waals surface area contributed by atoms with Gasteiger partial charge in [0.15, 0.2) is 0 Å². The summed E-state index contributed by atoms with van der Waals surface area (Å²) in [4.78, 5) is 10.8. The molecule has 1 heterocycles. The van der Waals surface area contributed by atoms with E-state index in [0.29, 0.717) is 13.1 Å². The number of nitrogens with zero attached hydrogens (tertiary/aromatic N) is 1. The van der Waals surface area contributed by atoms with E-state index >= 15 is 0 Å². The van der Waals surface area contributed by atoms with Crippen LogP contribution in [0.15, 0.2) is 23.1 Å². The van der Waals surface area contributed by atoms with Gasteiger partial charge in [-0.3, -0.25) is 0 Å². The molecule has 0 spiro atoms. The van der Waals surface area contributed by atoms with E-state index in [2.05, 4.69) is 0 Å². The second-order valence-corrected chi connectivity index (χ2v) is 8.35. The first-order valence-electron chi connectivity index (χ1n) is 5.97. The molecule has 1 saturated heterocycles. The second-order valence-electron chi connectivity index (χ2n) is 4.49. The summed E-state index contributed by atoms with van der Waals surface area (Å²) in [7, 11) is -3.76. The molecule has 5 nitrogen and oxygen atoms in total. The monoisotopic (exact) mass is 335 g/mol. The van der Waals surface area contributed by atoms with Gasteiger partial charge in [-0.25, -0.2) is 13.2 Å². The first kappa shape index (κ1) is 15.6. The number of carbonyl (C=O) groups is 1. The van der Waals surface area contributed by atoms with E-state index in [1.165, 1.54) is 16.4 Å². The van der Waals surface area contributed by atoms with Crippen molar-refractivity contribution in [2.45, 2.75) is 17.1 Å². The van der Waals surface area contributed by atoms with Gasteiger partial charge in [-0.15, -0.1) is 0 Å². The Kier molecular flexibility index (Phi) is 4.63. The van der Waals surface area contributed by atoms with Crippen LogP contribution in [0.5, 0.6) is 0 Å². The lowest BCUT2D eigenvalue weighted by Gasteiger charge is -2.30. The fourth-order valence-corrected chi connectivity index (χ4v) is 5.23. The molecule has 1 aliphatic rings. The lowest BCUT2D eigenvalue weighted by molar-refractivity contribution is 0.0696. The molecule has 0 aromatic heterocycles. The maximum atomic E-state index is 12.6. The van der Waals surface area contributed by atoms with Crippen molar-refractivity contribution in [1.82, 2.24) is 4.31 Å². The van der Waals surface area contributed by atoms with Gasteiger partial charge in [0, 0.05) is 24.1 Å². The van der Waals surface area contributed by atoms with Gasteiger partial charge in [-0.2, -0.15) is 16.1 Å². The third-order valence-electron chi connectivity index (χ3n) is 3.00. The van der Waals surface area contributed by atoms with Crippen LogP contribution < -0.4 is 0 Å². The number of aromatic carboxylic acids is 1. The molecule has 2 rings (SSSR count). The Hall–Kier alpha value is -0.760. The molecule has 0 saturated carbocycles. The normalized spacial score (nSPS) is 20.8. The van der Waals surface area contributed by atoms with Crippen LogP contribution in [0.3, 0.4) is 0 Å². The summed E-state index contributed by atoms with van der Waals surface area (Å²) in [6.45, 7) is 2.77. The Labute approximate surface area is 127 Å². The molecule has 110 valence electrons. The minimum absolute atomic E-state index is 0.0425. The van der Waals surface area contributed by atoms with Crippen LogP contribution in [0.25, 0.3) is 0 Å². The van der Waals surface area contributed by atoms with Gasteiger partial charge in [-0.1, -0.05) is 18.5 Å². The molecule has 20 heavy (non-hydrogen) atoms. The van der Waals surface area contributed by atoms with Crippen LogP contribution in [0.1, 0.15) is 17.3 Å². The van der Waals surface area contributed by atoms with Crippen molar-refractivity contribution >= 4 is 39.4 Å². The van der Waals surface area contributed by atoms with Crippen molar-refractivity contribution in [3.05, 3.63) is 28.8 Å². The quantitative estimate of drug-likeness (QED) is 0.916. The van der Waals surface area contributed by atoms with Gasteiger partial charge in [0.05, 0.1) is 10.6 Å². The third-order valence-corrected chi connectivity index (χ3v) is 6.48. The summed E-state index contributed by atoms with van der Waals surface area (Å²) in [6.07, 6.45) is 0. The van der Waals surface area contributed by atoms with Crippen molar-refractivity contribution in [2.75, 3.05) is 18.8 Å². The van der Waals surface area contributed by atoms with Crippen LogP contribution in [0, 0.1) is 0 Å². The molecule has 1 fully saturated rings. The number of thioether (sulfide) groups is 1. The molecule has 0 amide bonds. The Morgan fingerprint density at radius 1 is 1.50 bits per heavy atom. The molecular weight excluding hydrogens is 322 g/mol. The number of benzene rings is 1. The predicted octanol–water partition coefficient (Wildman–Crippen LogP) is 2.16. The van der Waals surface area contributed by atoms with Crippen LogP contribution in [-0.4, -0.2) is 47.9 Å². The summed E-state index contributed by atoms with van der Waals surface area (Å²) in [5.74, 6) is -0.461. The molecule has 1 atom stereocenters. The fraction of sp³-hybridized carbons (Fsp3) is 0.417. The second kappa shape index (κ2) is 5.93. The summed E-state index contributed by atoms with van der Waals surface area (Å²) in [5.41, 5.74) is -0.0904. The average molecular weight is 336 g/mol. The van der Waals surface area contributed by atoms with Crippen LogP contribution in [-0.2, 0) is 10.0 Å². The van der Waals surface area contributed by atoms with Gasteiger partial charge in [0.1, 0.15) is 4.90 Å². The topological polar surface area (TPSA) is 74.7 Å². The highest BCUT2D eigenvalue weighted by atomic mass is 35.5. The summed E-state index contributed by atoms with van der Waals surface area (Å²) < 4.78 is 26.5.